The van der Waals surface area contributed by atoms with Gasteiger partial charge in [0.1, 0.15) is 0 Å². The van der Waals surface area contributed by atoms with Crippen molar-refractivity contribution in [2.75, 3.05) is 20.8 Å². The molecule has 0 spiro atoms. The minimum Gasteiger partial charge on any atom is -0.504 e. The number of Topliss-reactive ketones (excluding diaryl/α,β-unsaturated/α-hetero) is 1. The molecular weight excluding hydrogens is 478 g/mol. The molecule has 10 nitrogen and oxygen atoms in total. The summed E-state index contributed by atoms with van der Waals surface area (Å²) in [6.45, 7) is 0.836. The third kappa shape index (κ3) is 4.26. The number of carbonyl (C=O) groups excluding carboxylic acids is 2. The predicted molar refractivity (Wildman–Crippen MR) is 133 cm³/mol. The molecule has 2 aromatic carbocycles. The average molecular weight is 504 g/mol. The van der Waals surface area contributed by atoms with Gasteiger partial charge in [0.05, 0.1) is 32.2 Å². The summed E-state index contributed by atoms with van der Waals surface area (Å²) in [6.07, 6.45) is 5.70. The molecule has 1 aliphatic rings. The molecule has 2 aromatic heterocycles. The Kier molecular flexibility index (Phi) is 6.31. The molecule has 0 radical (unpaired) electrons. The highest BCUT2D eigenvalue weighted by atomic mass is 16.5. The lowest BCUT2D eigenvalue weighted by Gasteiger charge is -2.27. The Labute approximate surface area is 212 Å². The molecule has 0 saturated carbocycles. The number of ketones is 1. The topological polar surface area (TPSA) is 127 Å². The first-order chi connectivity index (χ1) is 17.9. The van der Waals surface area contributed by atoms with Crippen LogP contribution in [0.25, 0.3) is 11.0 Å². The highest BCUT2D eigenvalue weighted by Crippen LogP contribution is 2.42. The number of phenolic OH excluding ortho intramolecular Hbond substituents is 1. The van der Waals surface area contributed by atoms with E-state index in [1.54, 1.807) is 48.9 Å². The van der Waals surface area contributed by atoms with Gasteiger partial charge in [0.2, 0.25) is 5.78 Å². The zero-order valence-corrected chi connectivity index (χ0v) is 20.2. The zero-order valence-electron chi connectivity index (χ0n) is 20.2. The van der Waals surface area contributed by atoms with Gasteiger partial charge in [-0.1, -0.05) is 18.2 Å². The number of rotatable bonds is 9. The van der Waals surface area contributed by atoms with Gasteiger partial charge in [-0.25, -0.2) is 4.98 Å². The molecule has 1 amide bonds. The first kappa shape index (κ1) is 24.0. The lowest BCUT2D eigenvalue weighted by Crippen LogP contribution is -2.32. The van der Waals surface area contributed by atoms with Gasteiger partial charge in [0.25, 0.3) is 5.91 Å². The van der Waals surface area contributed by atoms with Gasteiger partial charge in [0, 0.05) is 30.9 Å². The second kappa shape index (κ2) is 9.73. The third-order valence-electron chi connectivity index (χ3n) is 6.39. The van der Waals surface area contributed by atoms with Gasteiger partial charge in [-0.2, -0.15) is 0 Å². The molecule has 0 fully saturated rings. The van der Waals surface area contributed by atoms with E-state index in [9.17, 15) is 19.8 Å². The van der Waals surface area contributed by atoms with Crippen molar-refractivity contribution in [1.29, 1.82) is 0 Å². The van der Waals surface area contributed by atoms with Crippen molar-refractivity contribution in [2.24, 2.45) is 0 Å². The second-order valence-electron chi connectivity index (χ2n) is 8.57. The first-order valence-corrected chi connectivity index (χ1v) is 11.6. The van der Waals surface area contributed by atoms with E-state index in [-0.39, 0.29) is 29.4 Å². The van der Waals surface area contributed by atoms with Gasteiger partial charge in [-0.05, 0) is 36.2 Å². The molecule has 3 heterocycles. The van der Waals surface area contributed by atoms with Crippen molar-refractivity contribution in [3.05, 3.63) is 83.8 Å². The number of aromatic nitrogens is 2. The van der Waals surface area contributed by atoms with Crippen LogP contribution in [0.5, 0.6) is 17.2 Å². The van der Waals surface area contributed by atoms with Crippen molar-refractivity contribution in [1.82, 2.24) is 14.5 Å². The molecular formula is C27H25N3O7. The highest BCUT2D eigenvalue weighted by molar-refractivity contribution is 6.16. The van der Waals surface area contributed by atoms with E-state index in [2.05, 4.69) is 4.98 Å². The number of imidazole rings is 1. The normalized spacial score (nSPS) is 15.6. The monoisotopic (exact) mass is 503 g/mol. The standard InChI is InChI=1S/C27H25N3O7/c1-35-19-6-3-5-17-14-21(37-26(17)19)24(32)22-23(16-7-8-18(31)20(13-16)36-2)30(27(34)25(22)33)11-4-10-29-12-9-28-15-29/h3,5-9,12-15,23,31,33H,4,10-11H2,1-2H3. The van der Waals surface area contributed by atoms with E-state index in [1.807, 2.05) is 10.8 Å². The number of hydrogen-bond acceptors (Lipinski definition) is 8. The van der Waals surface area contributed by atoms with E-state index < -0.39 is 23.5 Å². The Balaban J connectivity index is 1.54. The van der Waals surface area contributed by atoms with Crippen LogP contribution in [0.1, 0.15) is 28.6 Å². The van der Waals surface area contributed by atoms with Crippen LogP contribution in [0.2, 0.25) is 0 Å². The number of methoxy groups -OCH3 is 2. The van der Waals surface area contributed by atoms with Gasteiger partial charge in [0.15, 0.2) is 34.4 Å². The van der Waals surface area contributed by atoms with Crippen LogP contribution in [-0.2, 0) is 11.3 Å². The molecule has 0 bridgehead atoms. The molecule has 1 unspecified atom stereocenters. The number of aryl methyl sites for hydroxylation is 1. The largest absolute Gasteiger partial charge is 0.504 e. The van der Waals surface area contributed by atoms with E-state index >= 15 is 0 Å². The van der Waals surface area contributed by atoms with Crippen LogP contribution in [0.3, 0.4) is 0 Å². The summed E-state index contributed by atoms with van der Waals surface area (Å²) >= 11 is 0. The Morgan fingerprint density at radius 2 is 1.89 bits per heavy atom. The smallest absolute Gasteiger partial charge is 0.290 e. The predicted octanol–water partition coefficient (Wildman–Crippen LogP) is 4.02. The summed E-state index contributed by atoms with van der Waals surface area (Å²) in [6, 6.07) is 10.4. The fourth-order valence-electron chi connectivity index (χ4n) is 4.61. The molecule has 2 N–H and O–H groups in total. The van der Waals surface area contributed by atoms with Crippen LogP contribution in [0.15, 0.2) is 76.9 Å². The lowest BCUT2D eigenvalue weighted by molar-refractivity contribution is -0.129. The number of carbonyl (C=O) groups is 2. The molecule has 10 heteroatoms. The highest BCUT2D eigenvalue weighted by Gasteiger charge is 2.44. The van der Waals surface area contributed by atoms with Crippen LogP contribution < -0.4 is 9.47 Å². The number of nitrogens with zero attached hydrogens (tertiary/aromatic N) is 3. The van der Waals surface area contributed by atoms with Crippen molar-refractivity contribution in [3.63, 3.8) is 0 Å². The minimum absolute atomic E-state index is 0.0372. The minimum atomic E-state index is -0.924. The summed E-state index contributed by atoms with van der Waals surface area (Å²) in [7, 11) is 2.90. The maximum absolute atomic E-state index is 13.8. The summed E-state index contributed by atoms with van der Waals surface area (Å²) < 4.78 is 18.3. The van der Waals surface area contributed by atoms with E-state index in [0.717, 1.165) is 0 Å². The number of aromatic hydroxyl groups is 1. The molecule has 1 atom stereocenters. The van der Waals surface area contributed by atoms with Crippen molar-refractivity contribution < 1.29 is 33.7 Å². The van der Waals surface area contributed by atoms with Crippen LogP contribution in [0, 0.1) is 0 Å². The molecule has 0 aliphatic carbocycles. The summed E-state index contributed by atoms with van der Waals surface area (Å²) in [5.41, 5.74) is 0.767. The molecule has 37 heavy (non-hydrogen) atoms. The molecule has 190 valence electrons. The Hall–Kier alpha value is -4.73. The zero-order chi connectivity index (χ0) is 26.1. The number of phenols is 1. The van der Waals surface area contributed by atoms with Crippen molar-refractivity contribution in [3.8, 4) is 17.2 Å². The first-order valence-electron chi connectivity index (χ1n) is 11.6. The number of aliphatic hydroxyl groups excluding tert-OH is 1. The Bertz CT molecular complexity index is 1500. The molecule has 0 saturated heterocycles. The average Bonchev–Trinajstić information content (AvgIpc) is 3.64. The maximum atomic E-state index is 13.8. The summed E-state index contributed by atoms with van der Waals surface area (Å²) in [4.78, 5) is 32.5. The van der Waals surface area contributed by atoms with Crippen LogP contribution in [0.4, 0.5) is 0 Å². The Morgan fingerprint density at radius 1 is 1.08 bits per heavy atom. The third-order valence-corrected chi connectivity index (χ3v) is 6.39. The Morgan fingerprint density at radius 3 is 2.62 bits per heavy atom. The van der Waals surface area contributed by atoms with E-state index in [1.165, 1.54) is 25.2 Å². The summed E-state index contributed by atoms with van der Waals surface area (Å²) in [5, 5.41) is 21.7. The van der Waals surface area contributed by atoms with E-state index in [0.29, 0.717) is 35.2 Å². The fraction of sp³-hybridized carbons (Fsp3) is 0.222. The number of amides is 1. The number of hydrogen-bond donors (Lipinski definition) is 2. The molecule has 1 aliphatic heterocycles. The maximum Gasteiger partial charge on any atom is 0.290 e. The van der Waals surface area contributed by atoms with Crippen molar-refractivity contribution in [2.45, 2.75) is 19.0 Å². The van der Waals surface area contributed by atoms with Gasteiger partial charge >= 0.3 is 0 Å². The van der Waals surface area contributed by atoms with Gasteiger partial charge in [-0.3, -0.25) is 9.59 Å². The molecule has 4 aromatic rings. The van der Waals surface area contributed by atoms with Gasteiger partial charge in [-0.15, -0.1) is 0 Å². The second-order valence-corrected chi connectivity index (χ2v) is 8.57. The number of para-hydroxylation sites is 1. The number of fused-ring (bicyclic) bond motifs is 1. The molecule has 5 rings (SSSR count). The van der Waals surface area contributed by atoms with E-state index in [4.69, 9.17) is 13.9 Å². The quantitative estimate of drug-likeness (QED) is 0.328. The van der Waals surface area contributed by atoms with Crippen LogP contribution in [-0.4, -0.2) is 57.1 Å². The van der Waals surface area contributed by atoms with Crippen LogP contribution >= 0.6 is 0 Å². The number of benzene rings is 2. The fourth-order valence-corrected chi connectivity index (χ4v) is 4.61. The number of aliphatic hydroxyl groups is 1. The SMILES string of the molecule is COc1cc(C2C(C(=O)c3cc4cccc(OC)c4o3)=C(O)C(=O)N2CCCn2ccnc2)ccc1O. The van der Waals surface area contributed by atoms with Gasteiger partial charge < -0.3 is 33.6 Å². The summed E-state index contributed by atoms with van der Waals surface area (Å²) in [5.74, 6) is -1.43. The number of ether oxygens (including phenoxy) is 2. The van der Waals surface area contributed by atoms with Crippen molar-refractivity contribution >= 4 is 22.7 Å². The lowest BCUT2D eigenvalue weighted by atomic mass is 9.94. The number of furan rings is 1.